The highest BCUT2D eigenvalue weighted by Gasteiger charge is 2.48. The van der Waals surface area contributed by atoms with Crippen LogP contribution in [0.1, 0.15) is 29.3 Å². The van der Waals surface area contributed by atoms with Gasteiger partial charge in [0.2, 0.25) is 0 Å². The van der Waals surface area contributed by atoms with Gasteiger partial charge in [-0.2, -0.15) is 5.01 Å². The molecule has 8 heteroatoms. The molecule has 0 radical (unpaired) electrons. The maximum atomic E-state index is 13.1. The van der Waals surface area contributed by atoms with Gasteiger partial charge in [-0.3, -0.25) is 15.0 Å². The van der Waals surface area contributed by atoms with Crippen molar-refractivity contribution in [1.82, 2.24) is 15.8 Å². The minimum absolute atomic E-state index is 0.0449. The van der Waals surface area contributed by atoms with Gasteiger partial charge in [-0.05, 0) is 43.5 Å². The zero-order valence-corrected chi connectivity index (χ0v) is 15.2. The van der Waals surface area contributed by atoms with Crippen molar-refractivity contribution < 1.29 is 18.8 Å². The van der Waals surface area contributed by atoms with Gasteiger partial charge in [-0.1, -0.05) is 41.9 Å². The molecule has 0 aliphatic carbocycles. The summed E-state index contributed by atoms with van der Waals surface area (Å²) in [7, 11) is 0. The molecule has 2 aromatic carbocycles. The second-order valence-electron chi connectivity index (χ2n) is 6.45. The largest absolute Gasteiger partial charge is 0.344 e. The summed E-state index contributed by atoms with van der Waals surface area (Å²) in [6.07, 6.45) is 0.945. The van der Waals surface area contributed by atoms with E-state index >= 15 is 0 Å². The molecule has 0 saturated carbocycles. The molecule has 27 heavy (non-hydrogen) atoms. The Hall–Kier alpha value is -2.93. The van der Waals surface area contributed by atoms with E-state index in [-0.39, 0.29) is 10.6 Å². The van der Waals surface area contributed by atoms with Gasteiger partial charge in [0, 0.05) is 0 Å². The number of halogens is 2. The highest BCUT2D eigenvalue weighted by molar-refractivity contribution is 6.33. The number of urea groups is 1. The topological polar surface area (TPSA) is 78.5 Å². The lowest BCUT2D eigenvalue weighted by Gasteiger charge is -2.21. The lowest BCUT2D eigenvalue weighted by Crippen LogP contribution is -2.49. The molecule has 3 rings (SSSR count). The van der Waals surface area contributed by atoms with Crippen molar-refractivity contribution in [1.29, 1.82) is 0 Å². The van der Waals surface area contributed by atoms with Crippen molar-refractivity contribution >= 4 is 29.4 Å². The van der Waals surface area contributed by atoms with Crippen LogP contribution < -0.4 is 10.7 Å². The predicted octanol–water partition coefficient (Wildman–Crippen LogP) is 3.07. The van der Waals surface area contributed by atoms with Gasteiger partial charge in [0.05, 0.1) is 10.6 Å². The normalized spacial score (nSPS) is 19.1. The van der Waals surface area contributed by atoms with Crippen molar-refractivity contribution in [2.24, 2.45) is 0 Å². The van der Waals surface area contributed by atoms with Gasteiger partial charge in [-0.25, -0.2) is 9.18 Å². The highest BCUT2D eigenvalue weighted by Crippen LogP contribution is 2.23. The van der Waals surface area contributed by atoms with E-state index in [0.29, 0.717) is 17.9 Å². The minimum Gasteiger partial charge on any atom is -0.322 e. The average Bonchev–Trinajstić information content (AvgIpc) is 2.84. The molecule has 2 N–H and O–H groups in total. The number of hydrogen-bond acceptors (Lipinski definition) is 3. The first-order chi connectivity index (χ1) is 12.8. The average molecular weight is 390 g/mol. The maximum Gasteiger partial charge on any atom is 0.344 e. The van der Waals surface area contributed by atoms with E-state index in [1.807, 2.05) is 30.3 Å². The molecule has 4 amide bonds. The molecule has 1 aliphatic rings. The number of carbonyl (C=O) groups excluding carboxylic acids is 3. The van der Waals surface area contributed by atoms with E-state index in [4.69, 9.17) is 11.6 Å². The first-order valence-electron chi connectivity index (χ1n) is 8.27. The van der Waals surface area contributed by atoms with Crippen LogP contribution in [0.5, 0.6) is 0 Å². The van der Waals surface area contributed by atoms with Crippen molar-refractivity contribution in [2.45, 2.75) is 25.3 Å². The quantitative estimate of drug-likeness (QED) is 0.771. The molecule has 0 aromatic heterocycles. The molecule has 1 heterocycles. The van der Waals surface area contributed by atoms with Crippen LogP contribution in [-0.2, 0) is 11.2 Å². The van der Waals surface area contributed by atoms with Gasteiger partial charge in [0.25, 0.3) is 11.8 Å². The second-order valence-corrected chi connectivity index (χ2v) is 6.86. The fourth-order valence-corrected chi connectivity index (χ4v) is 3.08. The summed E-state index contributed by atoms with van der Waals surface area (Å²) in [6, 6.07) is 12.0. The van der Waals surface area contributed by atoms with E-state index in [2.05, 4.69) is 10.7 Å². The summed E-state index contributed by atoms with van der Waals surface area (Å²) in [6.45, 7) is 1.60. The van der Waals surface area contributed by atoms with Gasteiger partial charge in [-0.15, -0.1) is 0 Å². The summed E-state index contributed by atoms with van der Waals surface area (Å²) < 4.78 is 13.1. The highest BCUT2D eigenvalue weighted by atomic mass is 35.5. The molecular weight excluding hydrogens is 373 g/mol. The molecule has 1 atom stereocenters. The third-order valence-electron chi connectivity index (χ3n) is 4.41. The number of aryl methyl sites for hydroxylation is 1. The number of rotatable bonds is 5. The van der Waals surface area contributed by atoms with Crippen LogP contribution in [0.4, 0.5) is 9.18 Å². The Morgan fingerprint density at radius 2 is 1.93 bits per heavy atom. The Balaban J connectivity index is 1.70. The Bertz CT molecular complexity index is 906. The molecule has 140 valence electrons. The lowest BCUT2D eigenvalue weighted by molar-refractivity contribution is -0.132. The SMILES string of the molecule is CC1(CCc2ccccc2)NC(=O)N(NC(=O)c2ccc(F)cc2Cl)C1=O. The van der Waals surface area contributed by atoms with Gasteiger partial charge in [0.1, 0.15) is 11.4 Å². The van der Waals surface area contributed by atoms with Crippen molar-refractivity contribution in [3.63, 3.8) is 0 Å². The van der Waals surface area contributed by atoms with Crippen LogP contribution in [0.15, 0.2) is 48.5 Å². The molecule has 1 fully saturated rings. The van der Waals surface area contributed by atoms with E-state index in [0.717, 1.165) is 17.7 Å². The molecule has 1 saturated heterocycles. The zero-order chi connectivity index (χ0) is 19.6. The van der Waals surface area contributed by atoms with Crippen molar-refractivity contribution in [3.05, 3.63) is 70.5 Å². The number of imide groups is 1. The number of hydrazine groups is 1. The van der Waals surface area contributed by atoms with E-state index in [9.17, 15) is 18.8 Å². The fourth-order valence-electron chi connectivity index (χ4n) is 2.83. The standard InChI is InChI=1S/C19H17ClFN3O3/c1-19(10-9-12-5-3-2-4-6-12)17(26)24(18(27)22-19)23-16(25)14-8-7-13(21)11-15(14)20/h2-8,11H,9-10H2,1H3,(H,22,27)(H,23,25). The van der Waals surface area contributed by atoms with E-state index in [1.54, 1.807) is 6.92 Å². The molecule has 0 spiro atoms. The lowest BCUT2D eigenvalue weighted by atomic mass is 9.93. The molecule has 6 nitrogen and oxygen atoms in total. The summed E-state index contributed by atoms with van der Waals surface area (Å²) in [5.41, 5.74) is 2.07. The van der Waals surface area contributed by atoms with E-state index in [1.165, 1.54) is 6.07 Å². The Morgan fingerprint density at radius 3 is 2.59 bits per heavy atom. The van der Waals surface area contributed by atoms with Crippen molar-refractivity contribution in [3.8, 4) is 0 Å². The van der Waals surface area contributed by atoms with Crippen LogP contribution in [0.3, 0.4) is 0 Å². The van der Waals surface area contributed by atoms with Gasteiger partial charge in [0.15, 0.2) is 0 Å². The smallest absolute Gasteiger partial charge is 0.322 e. The number of nitrogens with one attached hydrogen (secondary N) is 2. The summed E-state index contributed by atoms with van der Waals surface area (Å²) >= 11 is 5.85. The first kappa shape index (κ1) is 18.8. The summed E-state index contributed by atoms with van der Waals surface area (Å²) in [5, 5.41) is 3.12. The minimum atomic E-state index is -1.15. The third kappa shape index (κ3) is 3.93. The molecular formula is C19H17ClFN3O3. The predicted molar refractivity (Wildman–Crippen MR) is 97.4 cm³/mol. The monoisotopic (exact) mass is 389 g/mol. The van der Waals surface area contributed by atoms with Crippen LogP contribution in [-0.4, -0.2) is 28.4 Å². The fraction of sp³-hybridized carbons (Fsp3) is 0.211. The van der Waals surface area contributed by atoms with Crippen LogP contribution in [0.25, 0.3) is 0 Å². The first-order valence-corrected chi connectivity index (χ1v) is 8.64. The maximum absolute atomic E-state index is 13.1. The van der Waals surface area contributed by atoms with Crippen LogP contribution in [0, 0.1) is 5.82 Å². The molecule has 0 bridgehead atoms. The number of amides is 4. The molecule has 1 aliphatic heterocycles. The molecule has 2 aromatic rings. The Morgan fingerprint density at radius 1 is 1.22 bits per heavy atom. The number of benzene rings is 2. The van der Waals surface area contributed by atoms with Gasteiger partial charge < -0.3 is 5.32 Å². The number of hydrogen-bond donors (Lipinski definition) is 2. The summed E-state index contributed by atoms with van der Waals surface area (Å²) in [5.74, 6) is -1.95. The summed E-state index contributed by atoms with van der Waals surface area (Å²) in [4.78, 5) is 37.2. The third-order valence-corrected chi connectivity index (χ3v) is 4.72. The van der Waals surface area contributed by atoms with Gasteiger partial charge >= 0.3 is 6.03 Å². The Labute approximate surface area is 160 Å². The van der Waals surface area contributed by atoms with Crippen LogP contribution in [0.2, 0.25) is 5.02 Å². The van der Waals surface area contributed by atoms with Crippen LogP contribution >= 0.6 is 11.6 Å². The number of carbonyl (C=O) groups is 3. The Kier molecular flexibility index (Phi) is 5.14. The van der Waals surface area contributed by atoms with E-state index < -0.39 is 29.2 Å². The second kappa shape index (κ2) is 7.36. The zero-order valence-electron chi connectivity index (χ0n) is 14.5. The number of nitrogens with zero attached hydrogens (tertiary/aromatic N) is 1. The molecule has 1 unspecified atom stereocenters. The van der Waals surface area contributed by atoms with Crippen molar-refractivity contribution in [2.75, 3.05) is 0 Å².